The highest BCUT2D eigenvalue weighted by Gasteiger charge is 2.72. The van der Waals surface area contributed by atoms with Crippen LogP contribution in [0.1, 0.15) is 31.5 Å². The van der Waals surface area contributed by atoms with Crippen LogP contribution in [-0.4, -0.2) is 42.4 Å². The van der Waals surface area contributed by atoms with E-state index >= 15 is 8.78 Å². The summed E-state index contributed by atoms with van der Waals surface area (Å²) in [6.45, 7) is 2.91. The van der Waals surface area contributed by atoms with Crippen LogP contribution in [0.3, 0.4) is 0 Å². The normalized spacial score (nSPS) is 30.5. The van der Waals surface area contributed by atoms with Crippen LogP contribution in [-0.2, 0) is 19.4 Å². The smallest absolute Gasteiger partial charge is 0.328 e. The molecule has 2 fully saturated rings. The van der Waals surface area contributed by atoms with Gasteiger partial charge in [-0.2, -0.15) is 5.26 Å². The third-order valence-electron chi connectivity index (χ3n) is 7.13. The largest absolute Gasteiger partial charge is 0.461 e. The number of carbonyl (C=O) groups is 1. The molecule has 0 bridgehead atoms. The summed E-state index contributed by atoms with van der Waals surface area (Å²) >= 11 is 0. The topological polar surface area (TPSA) is 97.1 Å². The lowest BCUT2D eigenvalue weighted by Gasteiger charge is -2.46. The lowest BCUT2D eigenvalue weighted by molar-refractivity contribution is -0.148. The van der Waals surface area contributed by atoms with E-state index in [9.17, 15) is 18.5 Å². The number of alkyl halides is 2. The summed E-state index contributed by atoms with van der Waals surface area (Å²) in [5.41, 5.74) is 2.43. The first-order valence-corrected chi connectivity index (χ1v) is 12.7. The first kappa shape index (κ1) is 24.0. The number of hydrogen-bond acceptors (Lipinski definition) is 6. The number of sulfone groups is 1. The van der Waals surface area contributed by atoms with Crippen molar-refractivity contribution in [2.24, 2.45) is 17.8 Å². The number of halogens is 2. The van der Waals surface area contributed by atoms with Gasteiger partial charge in [0.1, 0.15) is 6.10 Å². The minimum atomic E-state index is -4.19. The van der Waals surface area contributed by atoms with E-state index in [1.54, 1.807) is 49.5 Å². The second-order valence-corrected chi connectivity index (χ2v) is 11.4. The molecule has 34 heavy (non-hydrogen) atoms. The number of hydrogen-bond donors (Lipinski definition) is 0. The molecule has 1 aliphatic heterocycles. The Morgan fingerprint density at radius 2 is 1.91 bits per heavy atom. The van der Waals surface area contributed by atoms with Gasteiger partial charge in [-0.15, -0.1) is 0 Å². The number of ether oxygens (including phenoxy) is 1. The molecule has 6 nitrogen and oxygen atoms in total. The second kappa shape index (κ2) is 8.27. The fraction of sp³-hybridized carbons (Fsp3) is 0.400. The number of cyclic esters (lactones) is 1. The number of allylic oxidation sites excluding steroid dienone is 1. The molecule has 2 aromatic rings. The average Bonchev–Trinajstić information content (AvgIpc) is 3.04. The van der Waals surface area contributed by atoms with Crippen LogP contribution in [0.15, 0.2) is 48.7 Å². The van der Waals surface area contributed by atoms with E-state index in [4.69, 9.17) is 4.74 Å². The van der Waals surface area contributed by atoms with Crippen molar-refractivity contribution in [3.8, 4) is 17.2 Å². The maximum Gasteiger partial charge on any atom is 0.328 e. The fourth-order valence-electron chi connectivity index (χ4n) is 5.30. The molecular weight excluding hydrogens is 462 g/mol. The average molecular weight is 487 g/mol. The van der Waals surface area contributed by atoms with E-state index < -0.39 is 56.8 Å². The van der Waals surface area contributed by atoms with Gasteiger partial charge in [0.2, 0.25) is 0 Å². The molecule has 178 valence electrons. The zero-order chi connectivity index (χ0) is 24.9. The molecule has 0 N–H and O–H groups in total. The number of nitriles is 1. The predicted octanol–water partition coefficient (Wildman–Crippen LogP) is 4.27. The lowest BCUT2D eigenvalue weighted by Crippen LogP contribution is -2.61. The van der Waals surface area contributed by atoms with E-state index in [2.05, 4.69) is 11.1 Å². The Morgan fingerprint density at radius 3 is 2.53 bits per heavy atom. The molecule has 1 saturated heterocycles. The molecule has 0 unspecified atom stereocenters. The van der Waals surface area contributed by atoms with Gasteiger partial charge < -0.3 is 4.74 Å². The first-order chi connectivity index (χ1) is 15.9. The molecule has 1 saturated carbocycles. The van der Waals surface area contributed by atoms with E-state index in [1.165, 1.54) is 13.0 Å². The standard InChI is InChI=1S/C25H24F2N2O4S/c1-15-20(22-16(2)33-23(30)24(22,34(3,31)32)14-25(15,26)27)11-10-19-9-8-18(13-29-19)21-7-5-4-6-17(21)12-28/h4-11,13,15-16,20,22H,14H2,1-3H3/t15-,16+,20-,22-,24-/m0/s1. The van der Waals surface area contributed by atoms with Gasteiger partial charge >= 0.3 is 5.97 Å². The van der Waals surface area contributed by atoms with Crippen molar-refractivity contribution < 1.29 is 26.7 Å². The SMILES string of the molecule is C[C@H]1OC(=O)[C@]2(S(C)(=O)=O)CC(F)(F)[C@@H](C)[C@H](C=Cc3ccc(-c4ccccc4C#N)cn3)[C@H]12. The predicted molar refractivity (Wildman–Crippen MR) is 122 cm³/mol. The third kappa shape index (κ3) is 3.70. The Morgan fingerprint density at radius 1 is 1.21 bits per heavy atom. The van der Waals surface area contributed by atoms with Crippen LogP contribution in [0.4, 0.5) is 8.78 Å². The molecule has 0 radical (unpaired) electrons. The summed E-state index contributed by atoms with van der Waals surface area (Å²) in [5, 5.41) is 9.30. The van der Waals surface area contributed by atoms with Crippen molar-refractivity contribution in [3.05, 3.63) is 59.9 Å². The number of fused-ring (bicyclic) bond motifs is 1. The van der Waals surface area contributed by atoms with Crippen LogP contribution < -0.4 is 0 Å². The molecule has 1 aromatic heterocycles. The second-order valence-electron chi connectivity index (χ2n) is 9.09. The summed E-state index contributed by atoms with van der Waals surface area (Å²) in [4.78, 5) is 17.0. The third-order valence-corrected chi connectivity index (χ3v) is 9.04. The number of esters is 1. The van der Waals surface area contributed by atoms with Gasteiger partial charge in [-0.1, -0.05) is 37.3 Å². The van der Waals surface area contributed by atoms with Crippen LogP contribution in [0.5, 0.6) is 0 Å². The molecule has 9 heteroatoms. The number of rotatable bonds is 4. The molecule has 1 aromatic carbocycles. The fourth-order valence-corrected chi connectivity index (χ4v) is 6.94. The number of aromatic nitrogens is 1. The maximum atomic E-state index is 15.1. The van der Waals surface area contributed by atoms with Crippen molar-refractivity contribution in [1.29, 1.82) is 5.26 Å². The van der Waals surface area contributed by atoms with Crippen molar-refractivity contribution in [2.75, 3.05) is 6.26 Å². The van der Waals surface area contributed by atoms with E-state index in [0.29, 0.717) is 11.3 Å². The molecule has 2 aliphatic rings. The first-order valence-electron chi connectivity index (χ1n) is 10.8. The summed E-state index contributed by atoms with van der Waals surface area (Å²) in [6, 6.07) is 12.7. The molecule has 1 aliphatic carbocycles. The van der Waals surface area contributed by atoms with Crippen molar-refractivity contribution in [3.63, 3.8) is 0 Å². The minimum absolute atomic E-state index is 0.474. The van der Waals surface area contributed by atoms with Crippen LogP contribution in [0.25, 0.3) is 17.2 Å². The monoisotopic (exact) mass is 486 g/mol. The molecule has 0 amide bonds. The summed E-state index contributed by atoms with van der Waals surface area (Å²) in [6.07, 6.45) is 3.58. The number of nitrogens with zero attached hydrogens (tertiary/aromatic N) is 2. The Labute approximate surface area is 197 Å². The van der Waals surface area contributed by atoms with Gasteiger partial charge in [0, 0.05) is 41.8 Å². The van der Waals surface area contributed by atoms with Crippen LogP contribution in [0, 0.1) is 29.1 Å². The highest BCUT2D eigenvalue weighted by Crippen LogP contribution is 2.57. The summed E-state index contributed by atoms with van der Waals surface area (Å²) in [5.74, 6) is -7.56. The number of carbonyl (C=O) groups excluding carboxylic acids is 1. The van der Waals surface area contributed by atoms with Gasteiger partial charge in [-0.3, -0.25) is 9.78 Å². The van der Waals surface area contributed by atoms with Gasteiger partial charge in [0.15, 0.2) is 14.6 Å². The van der Waals surface area contributed by atoms with Crippen molar-refractivity contribution in [2.45, 2.75) is 37.0 Å². The minimum Gasteiger partial charge on any atom is -0.461 e. The Balaban J connectivity index is 1.70. The molecule has 5 atom stereocenters. The maximum absolute atomic E-state index is 15.1. The van der Waals surface area contributed by atoms with Gasteiger partial charge in [-0.25, -0.2) is 17.2 Å². The Hall–Kier alpha value is -3.12. The molecule has 2 heterocycles. The van der Waals surface area contributed by atoms with E-state index in [-0.39, 0.29) is 0 Å². The highest BCUT2D eigenvalue weighted by atomic mass is 32.2. The number of pyridine rings is 1. The Kier molecular flexibility index (Phi) is 5.85. The van der Waals surface area contributed by atoms with Gasteiger partial charge in [0.05, 0.1) is 17.3 Å². The number of benzene rings is 1. The van der Waals surface area contributed by atoms with Gasteiger partial charge in [-0.05, 0) is 31.1 Å². The van der Waals surface area contributed by atoms with Gasteiger partial charge in [0.25, 0.3) is 5.92 Å². The quantitative estimate of drug-likeness (QED) is 0.599. The van der Waals surface area contributed by atoms with Crippen molar-refractivity contribution in [1.82, 2.24) is 4.98 Å². The van der Waals surface area contributed by atoms with E-state index in [1.807, 2.05) is 6.07 Å². The van der Waals surface area contributed by atoms with Crippen LogP contribution in [0.2, 0.25) is 0 Å². The summed E-state index contributed by atoms with van der Waals surface area (Å²) in [7, 11) is -4.19. The van der Waals surface area contributed by atoms with Crippen molar-refractivity contribution >= 4 is 21.9 Å². The Bertz CT molecular complexity index is 1300. The zero-order valence-corrected chi connectivity index (χ0v) is 19.7. The molecule has 4 rings (SSSR count). The summed E-state index contributed by atoms with van der Waals surface area (Å²) < 4.78 is 58.4. The molecule has 0 spiro atoms. The zero-order valence-electron chi connectivity index (χ0n) is 18.9. The van der Waals surface area contributed by atoms with Crippen LogP contribution >= 0.6 is 0 Å². The van der Waals surface area contributed by atoms with E-state index in [0.717, 1.165) is 17.4 Å². The molecular formula is C25H24F2N2O4S. The lowest BCUT2D eigenvalue weighted by atomic mass is 9.64. The highest BCUT2D eigenvalue weighted by molar-refractivity contribution is 7.92.